The molecule has 0 bridgehead atoms. The second-order valence-electron chi connectivity index (χ2n) is 3.22. The lowest BCUT2D eigenvalue weighted by atomic mass is 9.92. The predicted molar refractivity (Wildman–Crippen MR) is 53.5 cm³/mol. The molecule has 0 aliphatic carbocycles. The largest absolute Gasteiger partial charge is 0.329 e. The van der Waals surface area contributed by atoms with Gasteiger partial charge in [-0.05, 0) is 18.5 Å². The first kappa shape index (κ1) is 8.99. The molecule has 0 saturated carbocycles. The molecule has 1 aromatic rings. The maximum atomic E-state index is 11.4. The van der Waals surface area contributed by atoms with E-state index in [0.29, 0.717) is 29.8 Å². The van der Waals surface area contributed by atoms with Crippen LogP contribution in [0.25, 0.3) is 0 Å². The molecule has 0 unspecified atom stereocenters. The van der Waals surface area contributed by atoms with E-state index in [2.05, 4.69) is 9.98 Å². The molecular formula is C8H8BN3O2. The summed E-state index contributed by atoms with van der Waals surface area (Å²) in [7, 11) is 7.10. The Morgan fingerprint density at radius 1 is 1.43 bits per heavy atom. The number of fused-ring (bicyclic) bond motifs is 1. The molecule has 1 aliphatic rings. The Morgan fingerprint density at radius 2 is 2.14 bits per heavy atom. The predicted octanol–water partition coefficient (Wildman–Crippen LogP) is -0.782. The van der Waals surface area contributed by atoms with Gasteiger partial charge in [0.2, 0.25) is 0 Å². The van der Waals surface area contributed by atoms with Crippen LogP contribution in [0.1, 0.15) is 12.0 Å². The molecule has 2 heterocycles. The molecule has 0 fully saturated rings. The zero-order chi connectivity index (χ0) is 10.3. The third kappa shape index (κ3) is 1.23. The fourth-order valence-corrected chi connectivity index (χ4v) is 1.47. The van der Waals surface area contributed by atoms with Crippen LogP contribution in [0.4, 0.5) is 5.82 Å². The Bertz CT molecular complexity index is 526. The smallest absolute Gasteiger partial charge is 0.281 e. The number of aliphatic imine (C=N–C) groups is 1. The van der Waals surface area contributed by atoms with Crippen molar-refractivity contribution in [3.63, 3.8) is 0 Å². The van der Waals surface area contributed by atoms with Crippen molar-refractivity contribution in [2.24, 2.45) is 12.0 Å². The lowest BCUT2D eigenvalue weighted by molar-refractivity contribution is 0.769. The number of hydrogen-bond donors (Lipinski definition) is 1. The summed E-state index contributed by atoms with van der Waals surface area (Å²) in [5, 5.41) is 0. The van der Waals surface area contributed by atoms with Gasteiger partial charge in [-0.2, -0.15) is 0 Å². The van der Waals surface area contributed by atoms with Gasteiger partial charge in [-0.3, -0.25) is 19.3 Å². The van der Waals surface area contributed by atoms with Crippen LogP contribution in [0, 0.1) is 0 Å². The van der Waals surface area contributed by atoms with Gasteiger partial charge < -0.3 is 0 Å². The maximum absolute atomic E-state index is 11.4. The van der Waals surface area contributed by atoms with Gasteiger partial charge in [0.05, 0.1) is 5.56 Å². The van der Waals surface area contributed by atoms with Crippen LogP contribution in [0.5, 0.6) is 0 Å². The average Bonchev–Trinajstić information content (AvgIpc) is 2.14. The molecular weight excluding hydrogens is 181 g/mol. The van der Waals surface area contributed by atoms with Gasteiger partial charge in [-0.1, -0.05) is 0 Å². The number of hydrogen-bond acceptors (Lipinski definition) is 3. The third-order valence-electron chi connectivity index (χ3n) is 2.27. The lowest BCUT2D eigenvalue weighted by Gasteiger charge is -2.14. The highest BCUT2D eigenvalue weighted by Crippen LogP contribution is 2.19. The first-order valence-corrected chi connectivity index (χ1v) is 4.25. The molecule has 14 heavy (non-hydrogen) atoms. The van der Waals surface area contributed by atoms with Crippen molar-refractivity contribution < 1.29 is 0 Å². The van der Waals surface area contributed by atoms with Crippen LogP contribution in [0.3, 0.4) is 0 Å². The summed E-state index contributed by atoms with van der Waals surface area (Å²) >= 11 is 0. The van der Waals surface area contributed by atoms with Crippen LogP contribution >= 0.6 is 0 Å². The summed E-state index contributed by atoms with van der Waals surface area (Å²) in [6.45, 7) is 0. The molecule has 0 amide bonds. The fourth-order valence-electron chi connectivity index (χ4n) is 1.47. The van der Waals surface area contributed by atoms with Crippen molar-refractivity contribution in [1.29, 1.82) is 0 Å². The van der Waals surface area contributed by atoms with Crippen molar-refractivity contribution in [3.8, 4) is 0 Å². The first-order valence-electron chi connectivity index (χ1n) is 4.25. The lowest BCUT2D eigenvalue weighted by Crippen LogP contribution is -2.32. The fraction of sp³-hybridized carbons (Fsp3) is 0.375. The first-order chi connectivity index (χ1) is 6.59. The number of aromatic amines is 1. The number of nitrogens with one attached hydrogen (secondary N) is 1. The van der Waals surface area contributed by atoms with E-state index in [1.165, 1.54) is 4.57 Å². The summed E-state index contributed by atoms with van der Waals surface area (Å²) in [6, 6.07) is 0. The minimum atomic E-state index is -0.466. The number of aromatic nitrogens is 2. The van der Waals surface area contributed by atoms with E-state index in [0.717, 1.165) is 0 Å². The second kappa shape index (κ2) is 2.97. The van der Waals surface area contributed by atoms with E-state index in [1.54, 1.807) is 7.05 Å². The van der Waals surface area contributed by atoms with Crippen LogP contribution < -0.4 is 11.2 Å². The molecule has 0 aromatic carbocycles. The Balaban J connectivity index is 2.84. The molecule has 5 nitrogen and oxygen atoms in total. The van der Waals surface area contributed by atoms with Gasteiger partial charge >= 0.3 is 5.69 Å². The van der Waals surface area contributed by atoms with Gasteiger partial charge in [0.1, 0.15) is 13.7 Å². The molecule has 1 aliphatic heterocycles. The molecule has 1 N–H and O–H groups in total. The molecule has 2 rings (SSSR count). The zero-order valence-electron chi connectivity index (χ0n) is 7.70. The SMILES string of the molecule is [B]C1=Nc2c(c(=O)[nH]c(=O)n2C)CC1. The number of rotatable bonds is 0. The summed E-state index contributed by atoms with van der Waals surface area (Å²) in [5.41, 5.74) is 0.158. The Hall–Kier alpha value is -1.59. The van der Waals surface area contributed by atoms with Gasteiger partial charge in [0.15, 0.2) is 0 Å². The third-order valence-corrected chi connectivity index (χ3v) is 2.27. The normalized spacial score (nSPS) is 14.8. The van der Waals surface area contributed by atoms with Crippen LogP contribution in [0.2, 0.25) is 0 Å². The molecule has 0 atom stereocenters. The Kier molecular flexibility index (Phi) is 1.91. The van der Waals surface area contributed by atoms with Crippen molar-refractivity contribution in [3.05, 3.63) is 26.4 Å². The van der Waals surface area contributed by atoms with Gasteiger partial charge in [-0.15, -0.1) is 0 Å². The average molecular weight is 189 g/mol. The van der Waals surface area contributed by atoms with Crippen molar-refractivity contribution >= 4 is 19.3 Å². The minimum Gasteiger partial charge on any atom is -0.281 e. The maximum Gasteiger partial charge on any atom is 0.329 e. The van der Waals surface area contributed by atoms with Gasteiger partial charge in [0.25, 0.3) is 5.56 Å². The standard InChI is InChI=1S/C8H8BN3O2/c1-12-6-4(2-3-5(9)10-6)7(13)11-8(12)14/h2-3H2,1H3,(H,11,13,14). The second-order valence-corrected chi connectivity index (χ2v) is 3.22. The quantitative estimate of drug-likeness (QED) is 0.544. The highest BCUT2D eigenvalue weighted by molar-refractivity contribution is 6.60. The van der Waals surface area contributed by atoms with E-state index >= 15 is 0 Å². The van der Waals surface area contributed by atoms with E-state index < -0.39 is 5.69 Å². The highest BCUT2D eigenvalue weighted by Gasteiger charge is 2.15. The van der Waals surface area contributed by atoms with E-state index in [-0.39, 0.29) is 5.56 Å². The Labute approximate surface area is 80.9 Å². The summed E-state index contributed by atoms with van der Waals surface area (Å²) in [6.07, 6.45) is 1.10. The van der Waals surface area contributed by atoms with E-state index in [9.17, 15) is 9.59 Å². The topological polar surface area (TPSA) is 67.2 Å². The molecule has 0 saturated heterocycles. The van der Waals surface area contributed by atoms with Crippen molar-refractivity contribution in [2.45, 2.75) is 12.8 Å². The molecule has 70 valence electrons. The zero-order valence-corrected chi connectivity index (χ0v) is 7.70. The Morgan fingerprint density at radius 3 is 2.86 bits per heavy atom. The van der Waals surface area contributed by atoms with Crippen LogP contribution in [-0.4, -0.2) is 23.0 Å². The molecule has 1 aromatic heterocycles. The van der Waals surface area contributed by atoms with Crippen LogP contribution in [0.15, 0.2) is 14.6 Å². The van der Waals surface area contributed by atoms with Crippen molar-refractivity contribution in [1.82, 2.24) is 9.55 Å². The van der Waals surface area contributed by atoms with E-state index in [4.69, 9.17) is 7.85 Å². The molecule has 2 radical (unpaired) electrons. The summed E-state index contributed by atoms with van der Waals surface area (Å²) in [5.74, 6) is 0.377. The van der Waals surface area contributed by atoms with Crippen molar-refractivity contribution in [2.75, 3.05) is 0 Å². The monoisotopic (exact) mass is 189 g/mol. The summed E-state index contributed by atoms with van der Waals surface area (Å²) in [4.78, 5) is 28.8. The van der Waals surface area contributed by atoms with Gasteiger partial charge in [0, 0.05) is 7.05 Å². The minimum absolute atomic E-state index is 0.362. The molecule has 6 heteroatoms. The highest BCUT2D eigenvalue weighted by atomic mass is 16.2. The number of H-pyrrole nitrogens is 1. The van der Waals surface area contributed by atoms with Gasteiger partial charge in [-0.25, -0.2) is 4.79 Å². The summed E-state index contributed by atoms with van der Waals surface area (Å²) < 4.78 is 1.29. The van der Waals surface area contributed by atoms with Crippen LogP contribution in [-0.2, 0) is 13.5 Å². The number of nitrogens with zero attached hydrogens (tertiary/aromatic N) is 2. The van der Waals surface area contributed by atoms with E-state index in [1.807, 2.05) is 0 Å². The molecule has 0 spiro atoms.